The quantitative estimate of drug-likeness (QED) is 0.429. The molecule has 1 heterocycles. The molecule has 0 amide bonds. The average molecular weight is 454 g/mol. The Hall–Kier alpha value is -3.29. The van der Waals surface area contributed by atoms with Crippen LogP contribution in [0.4, 0.5) is 5.69 Å². The largest absolute Gasteiger partial charge is 0.494 e. The molecule has 0 radical (unpaired) electrons. The van der Waals surface area contributed by atoms with Crippen LogP contribution in [0.25, 0.3) is 16.8 Å². The minimum absolute atomic E-state index is 0.160. The van der Waals surface area contributed by atoms with Crippen LogP contribution in [0.15, 0.2) is 84.1 Å². The van der Waals surface area contributed by atoms with Crippen LogP contribution in [0.5, 0.6) is 5.75 Å². The second kappa shape index (κ2) is 8.45. The van der Waals surface area contributed by atoms with E-state index in [1.54, 1.807) is 54.9 Å². The fraction of sp³-hybridized carbons (Fsp3) is 0.0870. The van der Waals surface area contributed by atoms with E-state index >= 15 is 0 Å². The summed E-state index contributed by atoms with van der Waals surface area (Å²) in [6.07, 6.45) is 3.54. The van der Waals surface area contributed by atoms with Crippen molar-refractivity contribution in [3.63, 3.8) is 0 Å². The maximum absolute atomic E-state index is 13.0. The molecule has 0 aliphatic rings. The summed E-state index contributed by atoms with van der Waals surface area (Å²) >= 11 is 5.95. The predicted molar refractivity (Wildman–Crippen MR) is 123 cm³/mol. The van der Waals surface area contributed by atoms with Gasteiger partial charge in [0.15, 0.2) is 0 Å². The number of methoxy groups -OCH3 is 1. The first-order valence-corrected chi connectivity index (χ1v) is 11.3. The second-order valence-electron chi connectivity index (χ2n) is 6.95. The third kappa shape index (κ3) is 4.57. The summed E-state index contributed by atoms with van der Waals surface area (Å²) in [5, 5.41) is 0.623. The molecular weight excluding hydrogens is 434 g/mol. The zero-order chi connectivity index (χ0) is 22.0. The van der Waals surface area contributed by atoms with Crippen molar-refractivity contribution in [2.75, 3.05) is 11.8 Å². The zero-order valence-electron chi connectivity index (χ0n) is 16.9. The molecule has 6 nitrogen and oxygen atoms in total. The van der Waals surface area contributed by atoms with Gasteiger partial charge in [0.05, 0.1) is 35.4 Å². The fourth-order valence-electron chi connectivity index (χ4n) is 3.21. The first-order chi connectivity index (χ1) is 14.9. The Kier molecular flexibility index (Phi) is 5.71. The van der Waals surface area contributed by atoms with Crippen molar-refractivity contribution in [1.82, 2.24) is 9.55 Å². The van der Waals surface area contributed by atoms with Crippen LogP contribution in [0.2, 0.25) is 5.02 Å². The number of rotatable bonds is 6. The van der Waals surface area contributed by atoms with Crippen molar-refractivity contribution in [2.45, 2.75) is 11.8 Å². The van der Waals surface area contributed by atoms with Crippen LogP contribution in [0.1, 0.15) is 5.69 Å². The number of anilines is 1. The van der Waals surface area contributed by atoms with E-state index in [1.807, 2.05) is 35.9 Å². The fourth-order valence-corrected chi connectivity index (χ4v) is 4.43. The van der Waals surface area contributed by atoms with Gasteiger partial charge in [-0.1, -0.05) is 35.9 Å². The molecule has 31 heavy (non-hydrogen) atoms. The molecule has 4 rings (SSSR count). The molecule has 0 saturated carbocycles. The molecule has 1 N–H and O–H groups in total. The van der Waals surface area contributed by atoms with E-state index in [1.165, 1.54) is 7.11 Å². The smallest absolute Gasteiger partial charge is 0.261 e. The van der Waals surface area contributed by atoms with Crippen LogP contribution in [-0.2, 0) is 10.0 Å². The SMILES string of the molecule is COc1cc(NS(=O)(=O)c2cccc(-c3ccc(Cl)cc3)c2)ccc1-n1cnc(C)c1. The van der Waals surface area contributed by atoms with Crippen molar-refractivity contribution >= 4 is 27.3 Å². The monoisotopic (exact) mass is 453 g/mol. The highest BCUT2D eigenvalue weighted by Gasteiger charge is 2.17. The number of nitrogens with one attached hydrogen (secondary N) is 1. The van der Waals surface area contributed by atoms with Crippen LogP contribution in [-0.4, -0.2) is 25.1 Å². The molecule has 0 unspecified atom stereocenters. The first kappa shape index (κ1) is 21.0. The third-order valence-electron chi connectivity index (χ3n) is 4.74. The van der Waals surface area contributed by atoms with Gasteiger partial charge >= 0.3 is 0 Å². The zero-order valence-corrected chi connectivity index (χ0v) is 18.5. The number of aromatic nitrogens is 2. The maximum Gasteiger partial charge on any atom is 0.261 e. The number of imidazole rings is 1. The molecule has 0 aliphatic heterocycles. The Bertz CT molecular complexity index is 1330. The van der Waals surface area contributed by atoms with E-state index < -0.39 is 10.0 Å². The Morgan fingerprint density at radius 1 is 1.00 bits per heavy atom. The van der Waals surface area contributed by atoms with E-state index in [9.17, 15) is 8.42 Å². The van der Waals surface area contributed by atoms with Gasteiger partial charge in [0.25, 0.3) is 10.0 Å². The summed E-state index contributed by atoms with van der Waals surface area (Å²) in [4.78, 5) is 4.38. The lowest BCUT2D eigenvalue weighted by Crippen LogP contribution is -2.13. The van der Waals surface area contributed by atoms with Crippen LogP contribution >= 0.6 is 11.6 Å². The van der Waals surface area contributed by atoms with E-state index in [2.05, 4.69) is 9.71 Å². The van der Waals surface area contributed by atoms with Crippen molar-refractivity contribution in [1.29, 1.82) is 0 Å². The Morgan fingerprint density at radius 2 is 1.77 bits per heavy atom. The highest BCUT2D eigenvalue weighted by atomic mass is 35.5. The van der Waals surface area contributed by atoms with Gasteiger partial charge in [-0.05, 0) is 54.4 Å². The van der Waals surface area contributed by atoms with Crippen molar-refractivity contribution in [3.8, 4) is 22.6 Å². The van der Waals surface area contributed by atoms with Gasteiger partial charge in [0, 0.05) is 17.3 Å². The van der Waals surface area contributed by atoms with Gasteiger partial charge in [-0.15, -0.1) is 0 Å². The number of aryl methyl sites for hydroxylation is 1. The number of hydrogen-bond donors (Lipinski definition) is 1. The van der Waals surface area contributed by atoms with Crippen molar-refractivity contribution < 1.29 is 13.2 Å². The van der Waals surface area contributed by atoms with Crippen molar-refractivity contribution in [3.05, 3.63) is 90.0 Å². The summed E-state index contributed by atoms with van der Waals surface area (Å²) in [5.41, 5.74) is 3.68. The summed E-state index contributed by atoms with van der Waals surface area (Å²) < 4.78 is 35.9. The Morgan fingerprint density at radius 3 is 2.45 bits per heavy atom. The van der Waals surface area contributed by atoms with Crippen molar-refractivity contribution in [2.24, 2.45) is 0 Å². The van der Waals surface area contributed by atoms with Crippen LogP contribution < -0.4 is 9.46 Å². The molecule has 0 spiro atoms. The van der Waals surface area contributed by atoms with E-state index in [4.69, 9.17) is 16.3 Å². The number of hydrogen-bond acceptors (Lipinski definition) is 4. The summed E-state index contributed by atoms with van der Waals surface area (Å²) in [6, 6.07) is 19.1. The molecular formula is C23H20ClN3O3S. The molecule has 0 aliphatic carbocycles. The Balaban J connectivity index is 1.63. The lowest BCUT2D eigenvalue weighted by molar-refractivity contribution is 0.413. The molecule has 0 fully saturated rings. The van der Waals surface area contributed by atoms with Gasteiger partial charge in [-0.3, -0.25) is 4.72 Å². The van der Waals surface area contributed by atoms with E-state index in [0.29, 0.717) is 16.5 Å². The van der Waals surface area contributed by atoms with Crippen LogP contribution in [0, 0.1) is 6.92 Å². The topological polar surface area (TPSA) is 73.2 Å². The maximum atomic E-state index is 13.0. The minimum atomic E-state index is -3.80. The highest BCUT2D eigenvalue weighted by molar-refractivity contribution is 7.92. The summed E-state index contributed by atoms with van der Waals surface area (Å²) in [6.45, 7) is 1.89. The number of nitrogens with zero attached hydrogens (tertiary/aromatic N) is 2. The van der Waals surface area contributed by atoms with Gasteiger partial charge < -0.3 is 9.30 Å². The number of sulfonamides is 1. The molecule has 4 aromatic rings. The van der Waals surface area contributed by atoms with Gasteiger partial charge in [0.1, 0.15) is 5.75 Å². The summed E-state index contributed by atoms with van der Waals surface area (Å²) in [5.74, 6) is 0.521. The molecule has 0 bridgehead atoms. The minimum Gasteiger partial charge on any atom is -0.494 e. The third-order valence-corrected chi connectivity index (χ3v) is 6.37. The van der Waals surface area contributed by atoms with E-state index in [0.717, 1.165) is 22.5 Å². The highest BCUT2D eigenvalue weighted by Crippen LogP contribution is 2.29. The average Bonchev–Trinajstić information content (AvgIpc) is 3.20. The molecule has 0 saturated heterocycles. The lowest BCUT2D eigenvalue weighted by Gasteiger charge is -2.13. The lowest BCUT2D eigenvalue weighted by atomic mass is 10.1. The molecule has 8 heteroatoms. The molecule has 0 atom stereocenters. The van der Waals surface area contributed by atoms with Gasteiger partial charge in [0.2, 0.25) is 0 Å². The predicted octanol–water partition coefficient (Wildman–Crippen LogP) is 5.31. The standard InChI is InChI=1S/C23H20ClN3O3S/c1-16-14-27(15-25-16)22-11-10-20(13-23(22)30-2)26-31(28,29)21-5-3-4-18(12-21)17-6-8-19(24)9-7-17/h3-15,26H,1-2H3. The van der Waals surface area contributed by atoms with Gasteiger partial charge in [-0.2, -0.15) is 0 Å². The van der Waals surface area contributed by atoms with Gasteiger partial charge in [-0.25, -0.2) is 13.4 Å². The molecule has 3 aromatic carbocycles. The Labute approximate surface area is 186 Å². The first-order valence-electron chi connectivity index (χ1n) is 9.43. The normalized spacial score (nSPS) is 11.3. The molecule has 158 valence electrons. The number of ether oxygens (including phenoxy) is 1. The van der Waals surface area contributed by atoms with E-state index in [-0.39, 0.29) is 4.90 Å². The molecule has 1 aromatic heterocycles. The second-order valence-corrected chi connectivity index (χ2v) is 9.07. The number of halogens is 1. The number of benzene rings is 3. The summed E-state index contributed by atoms with van der Waals surface area (Å²) in [7, 11) is -2.26. The van der Waals surface area contributed by atoms with Crippen LogP contribution in [0.3, 0.4) is 0 Å².